The van der Waals surface area contributed by atoms with Crippen LogP contribution < -0.4 is 10.5 Å². The Labute approximate surface area is 186 Å². The van der Waals surface area contributed by atoms with Gasteiger partial charge in [0.25, 0.3) is 0 Å². The molecule has 0 fully saturated rings. The summed E-state index contributed by atoms with van der Waals surface area (Å²) in [6.07, 6.45) is 8.42. The van der Waals surface area contributed by atoms with Gasteiger partial charge in [0.15, 0.2) is 5.54 Å². The Kier molecular flexibility index (Phi) is 4.66. The molecule has 2 aromatic heterocycles. The van der Waals surface area contributed by atoms with E-state index >= 15 is 0 Å². The second kappa shape index (κ2) is 7.53. The van der Waals surface area contributed by atoms with E-state index in [0.717, 1.165) is 39.1 Å². The summed E-state index contributed by atoms with van der Waals surface area (Å²) < 4.78 is 5.60. The Morgan fingerprint density at radius 2 is 1.59 bits per heavy atom. The lowest BCUT2D eigenvalue weighted by molar-refractivity contribution is 0.408. The maximum absolute atomic E-state index is 6.38. The average Bonchev–Trinajstić information content (AvgIpc) is 3.13. The van der Waals surface area contributed by atoms with Crippen molar-refractivity contribution in [2.75, 3.05) is 7.11 Å². The fraction of sp³-hybridized carbons (Fsp3) is 0.160. The van der Waals surface area contributed by atoms with Gasteiger partial charge in [0, 0.05) is 30.4 Å². The summed E-state index contributed by atoms with van der Waals surface area (Å²) in [5.41, 5.74) is 12.6. The normalized spacial score (nSPS) is 17.0. The summed E-state index contributed by atoms with van der Waals surface area (Å²) in [5, 5.41) is 0. The predicted molar refractivity (Wildman–Crippen MR) is 123 cm³/mol. The van der Waals surface area contributed by atoms with E-state index in [9.17, 15) is 0 Å². The van der Waals surface area contributed by atoms with Crippen LogP contribution >= 0.6 is 0 Å². The van der Waals surface area contributed by atoms with Crippen molar-refractivity contribution in [1.82, 2.24) is 19.9 Å². The van der Waals surface area contributed by atoms with Crippen molar-refractivity contribution in [3.8, 4) is 16.9 Å². The predicted octanol–water partition coefficient (Wildman–Crippen LogP) is 3.57. The van der Waals surface area contributed by atoms with E-state index in [2.05, 4.69) is 33.2 Å². The van der Waals surface area contributed by atoms with Crippen LogP contribution in [0.4, 0.5) is 0 Å². The van der Waals surface area contributed by atoms with Gasteiger partial charge in [-0.1, -0.05) is 18.2 Å². The number of ether oxygens (including phenoxy) is 1. The highest BCUT2D eigenvalue weighted by Crippen LogP contribution is 2.46. The number of nitrogens with zero attached hydrogens (tertiary/aromatic N) is 5. The molecule has 4 aromatic rings. The highest BCUT2D eigenvalue weighted by molar-refractivity contribution is 6.01. The van der Waals surface area contributed by atoms with E-state index < -0.39 is 5.54 Å². The summed E-state index contributed by atoms with van der Waals surface area (Å²) in [5.74, 6) is 1.22. The molecule has 7 heteroatoms. The molecule has 2 aromatic carbocycles. The number of nitrogens with two attached hydrogens (primary N) is 1. The highest BCUT2D eigenvalue weighted by atomic mass is 16.5. The second-order valence-electron chi connectivity index (χ2n) is 7.81. The number of amidine groups is 1. The smallest absolute Gasteiger partial charge is 0.157 e. The number of methoxy groups -OCH3 is 1. The largest absolute Gasteiger partial charge is 0.496 e. The van der Waals surface area contributed by atoms with Crippen molar-refractivity contribution < 1.29 is 4.74 Å². The number of aliphatic imine (C=N–C) groups is 1. The molecule has 0 amide bonds. The molecule has 158 valence electrons. The SMILES string of the molecule is COc1c(C)cc(C2(c3cccc(-c4cncnc4)c3)N=C(N)c3nccnc32)cc1C. The molecule has 1 aliphatic heterocycles. The van der Waals surface area contributed by atoms with E-state index in [1.54, 1.807) is 31.9 Å². The number of fused-ring (bicyclic) bond motifs is 1. The fourth-order valence-electron chi connectivity index (χ4n) is 4.50. The van der Waals surface area contributed by atoms with E-state index in [4.69, 9.17) is 20.4 Å². The van der Waals surface area contributed by atoms with Gasteiger partial charge in [-0.3, -0.25) is 4.98 Å². The van der Waals surface area contributed by atoms with Gasteiger partial charge in [-0.15, -0.1) is 0 Å². The number of hydrogen-bond acceptors (Lipinski definition) is 7. The lowest BCUT2D eigenvalue weighted by Gasteiger charge is -2.29. The molecule has 0 saturated carbocycles. The number of aryl methyl sites for hydroxylation is 2. The molecule has 2 N–H and O–H groups in total. The number of hydrogen-bond donors (Lipinski definition) is 1. The molecule has 0 bridgehead atoms. The molecule has 32 heavy (non-hydrogen) atoms. The topological polar surface area (TPSA) is 99.2 Å². The van der Waals surface area contributed by atoms with Gasteiger partial charge in [-0.25, -0.2) is 19.9 Å². The lowest BCUT2D eigenvalue weighted by Crippen LogP contribution is -2.27. The summed E-state index contributed by atoms with van der Waals surface area (Å²) in [6, 6.07) is 12.3. The second-order valence-corrected chi connectivity index (χ2v) is 7.81. The molecule has 1 atom stereocenters. The van der Waals surface area contributed by atoms with Crippen molar-refractivity contribution in [3.05, 3.63) is 101 Å². The first-order chi connectivity index (χ1) is 15.5. The zero-order valence-electron chi connectivity index (χ0n) is 18.1. The maximum atomic E-state index is 6.38. The zero-order valence-corrected chi connectivity index (χ0v) is 18.1. The van der Waals surface area contributed by atoms with Crippen molar-refractivity contribution in [1.29, 1.82) is 0 Å². The van der Waals surface area contributed by atoms with Gasteiger partial charge in [-0.2, -0.15) is 0 Å². The van der Waals surface area contributed by atoms with Crippen molar-refractivity contribution in [3.63, 3.8) is 0 Å². The minimum atomic E-state index is -0.929. The Morgan fingerprint density at radius 1 is 0.875 bits per heavy atom. The van der Waals surface area contributed by atoms with E-state index in [1.807, 2.05) is 32.0 Å². The minimum absolute atomic E-state index is 0.368. The summed E-state index contributed by atoms with van der Waals surface area (Å²) >= 11 is 0. The Hall–Kier alpha value is -4.13. The molecule has 0 radical (unpaired) electrons. The Bertz CT molecular complexity index is 1330. The molecule has 3 heterocycles. The van der Waals surface area contributed by atoms with Crippen LogP contribution in [0.1, 0.15) is 33.6 Å². The maximum Gasteiger partial charge on any atom is 0.157 e. The molecule has 0 aliphatic carbocycles. The molecule has 1 unspecified atom stereocenters. The summed E-state index contributed by atoms with van der Waals surface area (Å²) in [7, 11) is 1.68. The van der Waals surface area contributed by atoms with Crippen molar-refractivity contribution >= 4 is 5.84 Å². The van der Waals surface area contributed by atoms with Gasteiger partial charge in [0.05, 0.1) is 7.11 Å². The van der Waals surface area contributed by atoms with Crippen LogP contribution in [0, 0.1) is 13.8 Å². The van der Waals surface area contributed by atoms with Gasteiger partial charge >= 0.3 is 0 Å². The molecular weight excluding hydrogens is 400 g/mol. The quantitative estimate of drug-likeness (QED) is 0.540. The zero-order chi connectivity index (χ0) is 22.3. The van der Waals surface area contributed by atoms with Crippen LogP contribution in [-0.4, -0.2) is 32.9 Å². The number of rotatable bonds is 4. The molecule has 5 rings (SSSR count). The van der Waals surface area contributed by atoms with Crippen LogP contribution in [0.25, 0.3) is 11.1 Å². The standard InChI is InChI=1S/C25H22N6O/c1-15-9-20(10-16(2)22(15)32-3)25(23-21(24(26)31-25)29-7-8-30-23)19-6-4-5-17(11-19)18-12-27-14-28-13-18/h4-14H,1-3H3,(H2,26,31). The monoisotopic (exact) mass is 422 g/mol. The van der Waals surface area contributed by atoms with Gasteiger partial charge < -0.3 is 10.5 Å². The van der Waals surface area contributed by atoms with Crippen LogP contribution in [0.5, 0.6) is 5.75 Å². The van der Waals surface area contributed by atoms with Crippen molar-refractivity contribution in [2.45, 2.75) is 19.4 Å². The van der Waals surface area contributed by atoms with Gasteiger partial charge in [0.2, 0.25) is 0 Å². The minimum Gasteiger partial charge on any atom is -0.496 e. The number of benzene rings is 2. The van der Waals surface area contributed by atoms with Crippen LogP contribution in [0.3, 0.4) is 0 Å². The summed E-state index contributed by atoms with van der Waals surface area (Å²) in [4.78, 5) is 22.5. The lowest BCUT2D eigenvalue weighted by atomic mass is 9.79. The van der Waals surface area contributed by atoms with E-state index in [1.165, 1.54) is 6.33 Å². The molecular formula is C25H22N6O. The van der Waals surface area contributed by atoms with Crippen molar-refractivity contribution in [2.24, 2.45) is 10.7 Å². The first-order valence-electron chi connectivity index (χ1n) is 10.2. The molecule has 7 nitrogen and oxygen atoms in total. The van der Waals surface area contributed by atoms with Gasteiger partial charge in [0.1, 0.15) is 29.3 Å². The van der Waals surface area contributed by atoms with Crippen LogP contribution in [0.2, 0.25) is 0 Å². The van der Waals surface area contributed by atoms with Crippen LogP contribution in [0.15, 0.2) is 72.5 Å². The Morgan fingerprint density at radius 3 is 2.31 bits per heavy atom. The first-order valence-corrected chi connectivity index (χ1v) is 10.2. The third kappa shape index (κ3) is 2.93. The first kappa shape index (κ1) is 19.8. The highest BCUT2D eigenvalue weighted by Gasteiger charge is 2.45. The third-order valence-corrected chi connectivity index (χ3v) is 5.83. The molecule has 0 spiro atoms. The molecule has 0 saturated heterocycles. The third-order valence-electron chi connectivity index (χ3n) is 5.83. The number of aromatic nitrogens is 4. The van der Waals surface area contributed by atoms with E-state index in [0.29, 0.717) is 17.2 Å². The fourth-order valence-corrected chi connectivity index (χ4v) is 4.50. The average molecular weight is 422 g/mol. The van der Waals surface area contributed by atoms with E-state index in [-0.39, 0.29) is 0 Å². The Balaban J connectivity index is 1.82. The van der Waals surface area contributed by atoms with Gasteiger partial charge in [-0.05, 0) is 59.9 Å². The summed E-state index contributed by atoms with van der Waals surface area (Å²) in [6.45, 7) is 4.06. The van der Waals surface area contributed by atoms with Crippen LogP contribution in [-0.2, 0) is 5.54 Å². The molecule has 1 aliphatic rings.